The summed E-state index contributed by atoms with van der Waals surface area (Å²) in [6.45, 7) is 13.0. The van der Waals surface area contributed by atoms with Crippen molar-refractivity contribution in [1.82, 2.24) is 20.5 Å². The summed E-state index contributed by atoms with van der Waals surface area (Å²) < 4.78 is 26.9. The predicted molar refractivity (Wildman–Crippen MR) is 166 cm³/mol. The summed E-state index contributed by atoms with van der Waals surface area (Å²) in [5.41, 5.74) is 7.51. The van der Waals surface area contributed by atoms with Crippen LogP contribution in [0.25, 0.3) is 11.6 Å². The molecule has 0 atom stereocenters. The second-order valence-electron chi connectivity index (χ2n) is 11.2. The highest BCUT2D eigenvalue weighted by molar-refractivity contribution is 7.90. The van der Waals surface area contributed by atoms with Gasteiger partial charge in [-0.2, -0.15) is 0 Å². The van der Waals surface area contributed by atoms with Crippen LogP contribution in [0.4, 0.5) is 5.69 Å². The first-order chi connectivity index (χ1) is 20.0. The topological polar surface area (TPSA) is 123 Å². The lowest BCUT2D eigenvalue weighted by Crippen LogP contribution is -2.46. The van der Waals surface area contributed by atoms with Crippen LogP contribution in [0.5, 0.6) is 0 Å². The van der Waals surface area contributed by atoms with Crippen LogP contribution in [0.1, 0.15) is 44.8 Å². The number of sulfone groups is 1. The molecule has 0 aliphatic carbocycles. The molecule has 1 saturated heterocycles. The summed E-state index contributed by atoms with van der Waals surface area (Å²) in [7, 11) is -3.66. The van der Waals surface area contributed by atoms with Crippen LogP contribution in [0.15, 0.2) is 41.3 Å². The zero-order valence-electron chi connectivity index (χ0n) is 24.7. The van der Waals surface area contributed by atoms with Crippen LogP contribution in [0.3, 0.4) is 0 Å². The van der Waals surface area contributed by atoms with E-state index in [2.05, 4.69) is 25.8 Å². The molecule has 0 unspecified atom stereocenters. The fraction of sp³-hybridized carbons (Fsp3) is 0.375. The van der Waals surface area contributed by atoms with E-state index in [-0.39, 0.29) is 28.9 Å². The molecule has 1 aromatic heterocycles. The molecule has 2 aliphatic rings. The Kier molecular flexibility index (Phi) is 8.68. The van der Waals surface area contributed by atoms with Crippen LogP contribution in [-0.4, -0.2) is 69.4 Å². The summed E-state index contributed by atoms with van der Waals surface area (Å²) in [5, 5.41) is 9.21. The zero-order valence-corrected chi connectivity index (χ0v) is 25.5. The van der Waals surface area contributed by atoms with Gasteiger partial charge in [-0.1, -0.05) is 18.2 Å². The number of fused-ring (bicyclic) bond motifs is 1. The number of benzene rings is 2. The maximum atomic E-state index is 13.4. The fourth-order valence-electron chi connectivity index (χ4n) is 5.73. The number of anilines is 1. The van der Waals surface area contributed by atoms with Gasteiger partial charge in [0, 0.05) is 61.9 Å². The van der Waals surface area contributed by atoms with Gasteiger partial charge >= 0.3 is 0 Å². The summed E-state index contributed by atoms with van der Waals surface area (Å²) in [6.07, 6.45) is 1.99. The van der Waals surface area contributed by atoms with Crippen molar-refractivity contribution in [2.75, 3.05) is 44.6 Å². The summed E-state index contributed by atoms with van der Waals surface area (Å²) in [4.78, 5) is 31.6. The Morgan fingerprint density at radius 1 is 1.02 bits per heavy atom. The number of piperazine rings is 1. The van der Waals surface area contributed by atoms with Gasteiger partial charge in [0.25, 0.3) is 5.91 Å². The first-order valence-electron chi connectivity index (χ1n) is 14.4. The van der Waals surface area contributed by atoms with Crippen LogP contribution in [0, 0.1) is 27.7 Å². The second-order valence-corrected chi connectivity index (χ2v) is 13.2. The molecule has 2 aromatic carbocycles. The van der Waals surface area contributed by atoms with Crippen molar-refractivity contribution in [2.24, 2.45) is 0 Å². The largest absolute Gasteiger partial charge is 0.359 e. The second kappa shape index (κ2) is 12.2. The minimum Gasteiger partial charge on any atom is -0.359 e. The van der Waals surface area contributed by atoms with Crippen LogP contribution in [0.2, 0.25) is 0 Å². The standard InChI is InChI=1S/C32H39N5O4S/c1-20-6-5-7-21(2)28(20)19-42(40,41)24-8-9-29-26(16-24)27(32(39)36-29)17-30-22(3)25(23(4)35-30)18-31(38)34-12-15-37-13-10-33-11-14-37/h5-9,16-17,33,35H,10-15,18-19H2,1-4H3,(H,34,38)(H,36,39)/b27-17-. The monoisotopic (exact) mass is 589 g/mol. The van der Waals surface area contributed by atoms with Crippen molar-refractivity contribution in [3.05, 3.63) is 81.2 Å². The van der Waals surface area contributed by atoms with Gasteiger partial charge in [0.15, 0.2) is 9.84 Å². The van der Waals surface area contributed by atoms with Gasteiger partial charge in [0.05, 0.1) is 22.6 Å². The Morgan fingerprint density at radius 2 is 1.74 bits per heavy atom. The molecule has 3 heterocycles. The Hall–Kier alpha value is -3.73. The number of aromatic nitrogens is 1. The number of H-pyrrole nitrogens is 1. The molecule has 2 amide bonds. The number of carbonyl (C=O) groups excluding carboxylic acids is 2. The van der Waals surface area contributed by atoms with Gasteiger partial charge in [0.2, 0.25) is 5.91 Å². The minimum atomic E-state index is -3.66. The van der Waals surface area contributed by atoms with E-state index in [0.717, 1.165) is 71.9 Å². The maximum Gasteiger partial charge on any atom is 0.256 e. The molecule has 0 saturated carbocycles. The van der Waals surface area contributed by atoms with Crippen molar-refractivity contribution in [3.8, 4) is 0 Å². The normalized spacial score (nSPS) is 16.5. The number of carbonyl (C=O) groups is 2. The summed E-state index contributed by atoms with van der Waals surface area (Å²) in [5.74, 6) is -0.453. The lowest BCUT2D eigenvalue weighted by atomic mass is 10.0. The number of nitrogens with zero attached hydrogens (tertiary/aromatic N) is 1. The minimum absolute atomic E-state index is 0.0442. The third-order valence-corrected chi connectivity index (χ3v) is 9.97. The van der Waals surface area contributed by atoms with Gasteiger partial charge in [-0.05, 0) is 79.8 Å². The summed E-state index contributed by atoms with van der Waals surface area (Å²) >= 11 is 0. The average Bonchev–Trinajstić information content (AvgIpc) is 3.41. The quantitative estimate of drug-likeness (QED) is 0.284. The van der Waals surface area contributed by atoms with Crippen molar-refractivity contribution in [3.63, 3.8) is 0 Å². The maximum absolute atomic E-state index is 13.4. The molecule has 0 spiro atoms. The molecule has 5 rings (SSSR count). The molecule has 9 nitrogen and oxygen atoms in total. The van der Waals surface area contributed by atoms with E-state index >= 15 is 0 Å². The first-order valence-corrected chi connectivity index (χ1v) is 16.0. The van der Waals surface area contributed by atoms with Crippen molar-refractivity contribution < 1.29 is 18.0 Å². The van der Waals surface area contributed by atoms with Crippen molar-refractivity contribution in [2.45, 2.75) is 44.8 Å². The molecule has 222 valence electrons. The van der Waals surface area contributed by atoms with E-state index in [1.807, 2.05) is 45.9 Å². The van der Waals surface area contributed by atoms with E-state index in [4.69, 9.17) is 0 Å². The number of hydrogen-bond donors (Lipinski definition) is 4. The number of rotatable bonds is 9. The highest BCUT2D eigenvalue weighted by atomic mass is 32.2. The van der Waals surface area contributed by atoms with E-state index < -0.39 is 9.84 Å². The van der Waals surface area contributed by atoms with Gasteiger partial charge in [-0.3, -0.25) is 14.5 Å². The van der Waals surface area contributed by atoms with Gasteiger partial charge in [-0.25, -0.2) is 8.42 Å². The van der Waals surface area contributed by atoms with Gasteiger partial charge in [-0.15, -0.1) is 0 Å². The Morgan fingerprint density at radius 3 is 2.45 bits per heavy atom. The number of aryl methyl sites for hydroxylation is 3. The Labute approximate surface area is 247 Å². The van der Waals surface area contributed by atoms with Crippen molar-refractivity contribution >= 4 is 39.0 Å². The number of amides is 2. The molecule has 0 bridgehead atoms. The lowest BCUT2D eigenvalue weighted by Gasteiger charge is -2.27. The third kappa shape index (κ3) is 6.35. The fourth-order valence-corrected chi connectivity index (χ4v) is 7.31. The SMILES string of the molecule is Cc1cccc(C)c1CS(=O)(=O)c1ccc2c(c1)/C(=C/c1[nH]c(C)c(CC(=O)NCCN3CCNCC3)c1C)C(=O)N2. The zero-order chi connectivity index (χ0) is 30.0. The van der Waals surface area contributed by atoms with Crippen LogP contribution in [-0.2, 0) is 31.6 Å². The smallest absolute Gasteiger partial charge is 0.256 e. The molecule has 0 radical (unpaired) electrons. The predicted octanol–water partition coefficient (Wildman–Crippen LogP) is 3.28. The Bertz CT molecular complexity index is 1650. The van der Waals surface area contributed by atoms with Crippen LogP contribution >= 0.6 is 0 Å². The van der Waals surface area contributed by atoms with E-state index in [9.17, 15) is 18.0 Å². The average molecular weight is 590 g/mol. The number of nitrogens with one attached hydrogen (secondary N) is 4. The van der Waals surface area contributed by atoms with E-state index in [1.165, 1.54) is 0 Å². The molecule has 3 aromatic rings. The molecule has 10 heteroatoms. The summed E-state index contributed by atoms with van der Waals surface area (Å²) in [6, 6.07) is 10.5. The molecule has 2 aliphatic heterocycles. The number of hydrogen-bond acceptors (Lipinski definition) is 6. The third-order valence-electron chi connectivity index (χ3n) is 8.33. The van der Waals surface area contributed by atoms with Crippen LogP contribution < -0.4 is 16.0 Å². The van der Waals surface area contributed by atoms with Gasteiger partial charge < -0.3 is 20.9 Å². The lowest BCUT2D eigenvalue weighted by molar-refractivity contribution is -0.120. The molecular weight excluding hydrogens is 550 g/mol. The first kappa shape index (κ1) is 29.8. The highest BCUT2D eigenvalue weighted by Gasteiger charge is 2.28. The number of aromatic amines is 1. The highest BCUT2D eigenvalue weighted by Crippen LogP contribution is 2.36. The van der Waals surface area contributed by atoms with Crippen molar-refractivity contribution in [1.29, 1.82) is 0 Å². The molecule has 4 N–H and O–H groups in total. The van der Waals surface area contributed by atoms with Gasteiger partial charge in [0.1, 0.15) is 0 Å². The van der Waals surface area contributed by atoms with E-state index in [0.29, 0.717) is 23.4 Å². The Balaban J connectivity index is 1.34. The molecular formula is C32H39N5O4S. The molecule has 42 heavy (non-hydrogen) atoms. The van der Waals surface area contributed by atoms with E-state index in [1.54, 1.807) is 24.3 Å². The molecule has 1 fully saturated rings.